The van der Waals surface area contributed by atoms with Crippen LogP contribution in [0.2, 0.25) is 0 Å². The van der Waals surface area contributed by atoms with Crippen molar-refractivity contribution in [2.24, 2.45) is 0 Å². The molecule has 3 aromatic rings. The van der Waals surface area contributed by atoms with Crippen LogP contribution in [0.4, 0.5) is 17.1 Å². The number of anilines is 3. The molecule has 0 saturated carbocycles. The Morgan fingerprint density at radius 1 is 0.842 bits per heavy atom. The van der Waals surface area contributed by atoms with Crippen LogP contribution < -0.4 is 11.1 Å². The molecule has 0 aliphatic carbocycles. The highest BCUT2D eigenvalue weighted by Crippen LogP contribution is 2.25. The summed E-state index contributed by atoms with van der Waals surface area (Å²) in [5.74, 6) is 0. The van der Waals surface area contributed by atoms with E-state index in [4.69, 9.17) is 5.73 Å². The van der Waals surface area contributed by atoms with Gasteiger partial charge in [0, 0.05) is 17.1 Å². The van der Waals surface area contributed by atoms with Gasteiger partial charge in [-0.05, 0) is 53.6 Å². The molecule has 94 valence electrons. The lowest BCUT2D eigenvalue weighted by molar-refractivity contribution is 1.44. The van der Waals surface area contributed by atoms with Crippen molar-refractivity contribution in [2.75, 3.05) is 11.1 Å². The molecule has 0 unspecified atom stereocenters. The third kappa shape index (κ3) is 2.38. The highest BCUT2D eigenvalue weighted by atomic mass is 14.9. The number of fused-ring (bicyclic) bond motifs is 1. The Labute approximate surface area is 112 Å². The maximum absolute atomic E-state index is 5.77. The Morgan fingerprint density at radius 3 is 2.42 bits per heavy atom. The molecule has 0 aromatic heterocycles. The second-order valence-electron chi connectivity index (χ2n) is 4.76. The number of hydrogen-bond acceptors (Lipinski definition) is 2. The summed E-state index contributed by atoms with van der Waals surface area (Å²) in [5, 5.41) is 5.92. The van der Waals surface area contributed by atoms with Crippen LogP contribution in [-0.2, 0) is 0 Å². The van der Waals surface area contributed by atoms with Gasteiger partial charge in [0.2, 0.25) is 0 Å². The third-order valence-corrected chi connectivity index (χ3v) is 3.28. The predicted octanol–water partition coefficient (Wildman–Crippen LogP) is 4.47. The summed E-state index contributed by atoms with van der Waals surface area (Å²) >= 11 is 0. The Morgan fingerprint density at radius 2 is 1.63 bits per heavy atom. The molecule has 3 N–H and O–H groups in total. The molecule has 0 aliphatic rings. The van der Waals surface area contributed by atoms with Gasteiger partial charge in [-0.15, -0.1) is 0 Å². The Balaban J connectivity index is 1.96. The number of benzene rings is 3. The first kappa shape index (κ1) is 11.6. The van der Waals surface area contributed by atoms with Crippen molar-refractivity contribution < 1.29 is 0 Å². The maximum Gasteiger partial charge on any atom is 0.0415 e. The molecule has 0 bridgehead atoms. The first-order valence-corrected chi connectivity index (χ1v) is 6.34. The Bertz CT molecular complexity index is 732. The molecule has 0 atom stereocenters. The Hall–Kier alpha value is -2.48. The lowest BCUT2D eigenvalue weighted by Crippen LogP contribution is -1.94. The predicted molar refractivity (Wildman–Crippen MR) is 82.8 cm³/mol. The number of aryl methyl sites for hydroxylation is 1. The minimum atomic E-state index is 0.793. The SMILES string of the molecule is Cc1cc(N)ccc1Nc1ccc2ccccc2c1. The largest absolute Gasteiger partial charge is 0.399 e. The van der Waals surface area contributed by atoms with Crippen LogP contribution in [0.3, 0.4) is 0 Å². The molecular weight excluding hydrogens is 232 g/mol. The molecule has 19 heavy (non-hydrogen) atoms. The van der Waals surface area contributed by atoms with Crippen molar-refractivity contribution in [1.82, 2.24) is 0 Å². The van der Waals surface area contributed by atoms with E-state index < -0.39 is 0 Å². The molecule has 0 aliphatic heterocycles. The monoisotopic (exact) mass is 248 g/mol. The second-order valence-corrected chi connectivity index (χ2v) is 4.76. The standard InChI is InChI=1S/C17H16N2/c1-12-10-15(18)7-9-17(12)19-16-8-6-13-4-2-3-5-14(13)11-16/h2-11,19H,18H2,1H3. The number of nitrogen functional groups attached to an aromatic ring is 1. The van der Waals surface area contributed by atoms with Gasteiger partial charge in [0.25, 0.3) is 0 Å². The molecule has 3 aromatic carbocycles. The van der Waals surface area contributed by atoms with Crippen LogP contribution in [0.25, 0.3) is 10.8 Å². The zero-order chi connectivity index (χ0) is 13.2. The smallest absolute Gasteiger partial charge is 0.0415 e. The summed E-state index contributed by atoms with van der Waals surface area (Å²) in [5.41, 5.74) is 9.88. The molecule has 2 nitrogen and oxygen atoms in total. The Kier molecular flexibility index (Phi) is 2.84. The molecular formula is C17H16N2. The fourth-order valence-corrected chi connectivity index (χ4v) is 2.25. The highest BCUT2D eigenvalue weighted by Gasteiger charge is 2.00. The van der Waals surface area contributed by atoms with Crippen LogP contribution in [0.5, 0.6) is 0 Å². The second kappa shape index (κ2) is 4.65. The van der Waals surface area contributed by atoms with Gasteiger partial charge in [-0.3, -0.25) is 0 Å². The van der Waals surface area contributed by atoms with Gasteiger partial charge in [-0.1, -0.05) is 30.3 Å². The van der Waals surface area contributed by atoms with E-state index in [1.807, 2.05) is 18.2 Å². The fraction of sp³-hybridized carbons (Fsp3) is 0.0588. The number of nitrogens with one attached hydrogen (secondary N) is 1. The average Bonchev–Trinajstić information content (AvgIpc) is 2.42. The zero-order valence-electron chi connectivity index (χ0n) is 10.9. The van der Waals surface area contributed by atoms with E-state index >= 15 is 0 Å². The van der Waals surface area contributed by atoms with E-state index in [1.165, 1.54) is 10.8 Å². The molecule has 0 saturated heterocycles. The van der Waals surface area contributed by atoms with Crippen molar-refractivity contribution in [3.8, 4) is 0 Å². The lowest BCUT2D eigenvalue weighted by Gasteiger charge is -2.11. The van der Waals surface area contributed by atoms with E-state index in [2.05, 4.69) is 54.7 Å². The average molecular weight is 248 g/mol. The topological polar surface area (TPSA) is 38.0 Å². The van der Waals surface area contributed by atoms with Crippen molar-refractivity contribution in [3.05, 3.63) is 66.2 Å². The molecule has 0 spiro atoms. The van der Waals surface area contributed by atoms with Crippen LogP contribution in [-0.4, -0.2) is 0 Å². The van der Waals surface area contributed by atoms with Crippen molar-refractivity contribution in [1.29, 1.82) is 0 Å². The molecule has 0 fully saturated rings. The fourth-order valence-electron chi connectivity index (χ4n) is 2.25. The van der Waals surface area contributed by atoms with E-state index in [0.29, 0.717) is 0 Å². The summed E-state index contributed by atoms with van der Waals surface area (Å²) in [4.78, 5) is 0. The first-order valence-electron chi connectivity index (χ1n) is 6.34. The number of rotatable bonds is 2. The van der Waals surface area contributed by atoms with E-state index in [9.17, 15) is 0 Å². The summed E-state index contributed by atoms with van der Waals surface area (Å²) in [7, 11) is 0. The van der Waals surface area contributed by atoms with Gasteiger partial charge in [0.05, 0.1) is 0 Å². The van der Waals surface area contributed by atoms with Gasteiger partial charge >= 0.3 is 0 Å². The summed E-state index contributed by atoms with van der Waals surface area (Å²) in [6, 6.07) is 20.6. The number of hydrogen-bond donors (Lipinski definition) is 2. The maximum atomic E-state index is 5.77. The lowest BCUT2D eigenvalue weighted by atomic mass is 10.1. The van der Waals surface area contributed by atoms with Gasteiger partial charge in [0.15, 0.2) is 0 Å². The van der Waals surface area contributed by atoms with E-state index in [-0.39, 0.29) is 0 Å². The molecule has 3 rings (SSSR count). The minimum absolute atomic E-state index is 0.793. The summed E-state index contributed by atoms with van der Waals surface area (Å²) in [6.07, 6.45) is 0. The van der Waals surface area contributed by atoms with Crippen LogP contribution in [0, 0.1) is 6.92 Å². The summed E-state index contributed by atoms with van der Waals surface area (Å²) in [6.45, 7) is 2.06. The van der Waals surface area contributed by atoms with E-state index in [0.717, 1.165) is 22.6 Å². The highest BCUT2D eigenvalue weighted by molar-refractivity contribution is 5.86. The van der Waals surface area contributed by atoms with Crippen LogP contribution in [0.15, 0.2) is 60.7 Å². The van der Waals surface area contributed by atoms with Gasteiger partial charge in [-0.2, -0.15) is 0 Å². The van der Waals surface area contributed by atoms with Crippen molar-refractivity contribution in [2.45, 2.75) is 6.92 Å². The number of nitrogens with two attached hydrogens (primary N) is 1. The quantitative estimate of drug-likeness (QED) is 0.656. The van der Waals surface area contributed by atoms with Crippen LogP contribution in [0.1, 0.15) is 5.56 Å². The first-order chi connectivity index (χ1) is 9.22. The van der Waals surface area contributed by atoms with Gasteiger partial charge in [-0.25, -0.2) is 0 Å². The molecule has 0 heterocycles. The van der Waals surface area contributed by atoms with Crippen molar-refractivity contribution >= 4 is 27.8 Å². The van der Waals surface area contributed by atoms with Crippen LogP contribution >= 0.6 is 0 Å². The third-order valence-electron chi connectivity index (χ3n) is 3.28. The summed E-state index contributed by atoms with van der Waals surface area (Å²) < 4.78 is 0. The normalized spacial score (nSPS) is 10.6. The minimum Gasteiger partial charge on any atom is -0.399 e. The molecule has 0 amide bonds. The van der Waals surface area contributed by atoms with Crippen molar-refractivity contribution in [3.63, 3.8) is 0 Å². The molecule has 0 radical (unpaired) electrons. The van der Waals surface area contributed by atoms with Gasteiger partial charge in [0.1, 0.15) is 0 Å². The van der Waals surface area contributed by atoms with Gasteiger partial charge < -0.3 is 11.1 Å². The zero-order valence-corrected chi connectivity index (χ0v) is 10.9. The van der Waals surface area contributed by atoms with E-state index in [1.54, 1.807) is 0 Å². The molecule has 2 heteroatoms.